The van der Waals surface area contributed by atoms with E-state index in [0.717, 1.165) is 33.5 Å². The topological polar surface area (TPSA) is 40.6 Å². The first-order valence-corrected chi connectivity index (χ1v) is 12.2. The van der Waals surface area contributed by atoms with Gasteiger partial charge in [-0.3, -0.25) is 0 Å². The zero-order valence-corrected chi connectivity index (χ0v) is 19.3. The van der Waals surface area contributed by atoms with Gasteiger partial charge in [-0.25, -0.2) is 8.42 Å². The Morgan fingerprint density at radius 2 is 1.44 bits per heavy atom. The van der Waals surface area contributed by atoms with Crippen LogP contribution in [0.4, 0.5) is 0 Å². The predicted octanol–water partition coefficient (Wildman–Crippen LogP) is 6.02. The van der Waals surface area contributed by atoms with Gasteiger partial charge < -0.3 is 4.90 Å². The van der Waals surface area contributed by atoms with Crippen LogP contribution < -0.4 is 0 Å². The highest BCUT2D eigenvalue weighted by molar-refractivity contribution is 7.89. The molecule has 0 amide bonds. The minimum Gasteiger partial charge on any atom is -0.331 e. The summed E-state index contributed by atoms with van der Waals surface area (Å²) < 4.78 is 30.2. The molecule has 2 aliphatic heterocycles. The molecular formula is C27H26N2O2S. The first kappa shape index (κ1) is 20.7. The van der Waals surface area contributed by atoms with Gasteiger partial charge in [0.25, 0.3) is 0 Å². The summed E-state index contributed by atoms with van der Waals surface area (Å²) in [4.78, 5) is 2.39. The smallest absolute Gasteiger partial charge is 0.245 e. The third-order valence-corrected chi connectivity index (χ3v) is 8.36. The lowest BCUT2D eigenvalue weighted by molar-refractivity contribution is 0.126. The minimum atomic E-state index is -3.82. The molecule has 0 radical (unpaired) electrons. The van der Waals surface area contributed by atoms with Crippen molar-refractivity contribution >= 4 is 16.1 Å². The van der Waals surface area contributed by atoms with Crippen LogP contribution in [0.1, 0.15) is 48.3 Å². The third kappa shape index (κ3) is 3.20. The van der Waals surface area contributed by atoms with Crippen molar-refractivity contribution in [2.24, 2.45) is 0 Å². The molecule has 0 saturated heterocycles. The molecule has 4 nitrogen and oxygen atoms in total. The Bertz CT molecular complexity index is 1330. The van der Waals surface area contributed by atoms with Crippen LogP contribution in [0.25, 0.3) is 6.08 Å². The summed E-state index contributed by atoms with van der Waals surface area (Å²) >= 11 is 0. The monoisotopic (exact) mass is 442 g/mol. The summed E-state index contributed by atoms with van der Waals surface area (Å²) in [6.07, 6.45) is 3.60. The van der Waals surface area contributed by atoms with Gasteiger partial charge in [0.2, 0.25) is 10.0 Å². The Kier molecular flexibility index (Phi) is 5.03. The maximum atomic E-state index is 14.3. The summed E-state index contributed by atoms with van der Waals surface area (Å²) in [7, 11) is -3.82. The highest BCUT2D eigenvalue weighted by Crippen LogP contribution is 2.50. The lowest BCUT2D eigenvalue weighted by Gasteiger charge is -2.49. The number of fused-ring (bicyclic) bond motifs is 3. The lowest BCUT2D eigenvalue weighted by Crippen LogP contribution is -2.49. The van der Waals surface area contributed by atoms with E-state index in [1.165, 1.54) is 0 Å². The third-order valence-electron chi connectivity index (χ3n) is 6.53. The van der Waals surface area contributed by atoms with Gasteiger partial charge in [0.15, 0.2) is 0 Å². The van der Waals surface area contributed by atoms with E-state index in [9.17, 15) is 8.42 Å². The predicted molar refractivity (Wildman–Crippen MR) is 128 cm³/mol. The molecule has 32 heavy (non-hydrogen) atoms. The molecule has 0 fully saturated rings. The zero-order valence-electron chi connectivity index (χ0n) is 18.4. The van der Waals surface area contributed by atoms with Crippen molar-refractivity contribution in [1.82, 2.24) is 9.21 Å². The maximum Gasteiger partial charge on any atom is 0.245 e. The Morgan fingerprint density at radius 1 is 0.781 bits per heavy atom. The average Bonchev–Trinajstić information content (AvgIpc) is 2.81. The van der Waals surface area contributed by atoms with E-state index in [4.69, 9.17) is 0 Å². The van der Waals surface area contributed by atoms with Gasteiger partial charge in [0.1, 0.15) is 6.17 Å². The van der Waals surface area contributed by atoms with Crippen molar-refractivity contribution in [2.45, 2.75) is 37.9 Å². The van der Waals surface area contributed by atoms with Gasteiger partial charge >= 0.3 is 0 Å². The molecule has 2 heterocycles. The summed E-state index contributed by atoms with van der Waals surface area (Å²) in [5.74, 6) is 0. The van der Waals surface area contributed by atoms with Crippen molar-refractivity contribution < 1.29 is 8.42 Å². The Balaban J connectivity index is 1.80. The van der Waals surface area contributed by atoms with Crippen molar-refractivity contribution in [3.8, 4) is 0 Å². The van der Waals surface area contributed by atoms with E-state index in [1.54, 1.807) is 16.4 Å². The highest BCUT2D eigenvalue weighted by Gasteiger charge is 2.47. The molecule has 0 saturated carbocycles. The summed E-state index contributed by atoms with van der Waals surface area (Å²) in [6.45, 7) is 6.08. The Morgan fingerprint density at radius 3 is 2.16 bits per heavy atom. The largest absolute Gasteiger partial charge is 0.331 e. The standard InChI is InChI=1S/C27H26N2O2S/c1-19-13-15-24(16-14-19)32(30,31)29-26(23-10-5-4-6-11-23)20(2)21(3)28-18-17-22-9-7-8-12-25(22)27(28)29/h4-18,26-27H,1-3H3/t26-,27+/m1/s1. The van der Waals surface area contributed by atoms with Crippen molar-refractivity contribution in [3.63, 3.8) is 0 Å². The Hall–Kier alpha value is -3.15. The molecular weight excluding hydrogens is 416 g/mol. The number of nitrogens with zero attached hydrogens (tertiary/aromatic N) is 2. The summed E-state index contributed by atoms with van der Waals surface area (Å²) in [6, 6.07) is 24.7. The van der Waals surface area contributed by atoms with E-state index in [-0.39, 0.29) is 0 Å². The number of hydrogen-bond acceptors (Lipinski definition) is 3. The quantitative estimate of drug-likeness (QED) is 0.498. The molecule has 5 rings (SSSR count). The number of aryl methyl sites for hydroxylation is 1. The van der Waals surface area contributed by atoms with Crippen molar-refractivity contribution in [2.75, 3.05) is 0 Å². The summed E-state index contributed by atoms with van der Waals surface area (Å²) in [5.41, 5.74) is 6.11. The molecule has 5 heteroatoms. The molecule has 3 aromatic carbocycles. The molecule has 0 spiro atoms. The number of benzene rings is 3. The number of rotatable bonds is 3. The molecule has 0 aromatic heterocycles. The molecule has 2 aliphatic rings. The second-order valence-corrected chi connectivity index (χ2v) is 10.3. The van der Waals surface area contributed by atoms with E-state index >= 15 is 0 Å². The first-order valence-electron chi connectivity index (χ1n) is 10.8. The van der Waals surface area contributed by atoms with Crippen LogP contribution in [0.15, 0.2) is 101 Å². The van der Waals surface area contributed by atoms with Crippen LogP contribution in [0, 0.1) is 6.92 Å². The van der Waals surface area contributed by atoms with Gasteiger partial charge in [-0.1, -0.05) is 72.3 Å². The van der Waals surface area contributed by atoms with Gasteiger partial charge in [0.05, 0.1) is 10.9 Å². The SMILES string of the molecule is CC1=C(C)N2C=Cc3ccccc3[C@@H]2N(S(=O)(=O)c2ccc(C)cc2)[C@H]1c1ccccc1. The van der Waals surface area contributed by atoms with E-state index < -0.39 is 22.2 Å². The Labute approximate surface area is 190 Å². The summed E-state index contributed by atoms with van der Waals surface area (Å²) in [5, 5.41) is 0. The fourth-order valence-electron chi connectivity index (χ4n) is 4.71. The van der Waals surface area contributed by atoms with Crippen LogP contribution >= 0.6 is 0 Å². The second-order valence-electron chi connectivity index (χ2n) is 8.46. The van der Waals surface area contributed by atoms with Crippen LogP contribution in [0.3, 0.4) is 0 Å². The molecule has 3 aromatic rings. The maximum absolute atomic E-state index is 14.3. The first-order chi connectivity index (χ1) is 15.4. The van der Waals surface area contributed by atoms with Crippen molar-refractivity contribution in [3.05, 3.63) is 119 Å². The molecule has 0 unspecified atom stereocenters. The van der Waals surface area contributed by atoms with Crippen LogP contribution in [0.2, 0.25) is 0 Å². The lowest BCUT2D eigenvalue weighted by atomic mass is 9.91. The molecule has 0 N–H and O–H groups in total. The van der Waals surface area contributed by atoms with Crippen molar-refractivity contribution in [1.29, 1.82) is 0 Å². The number of sulfonamides is 1. The fraction of sp³-hybridized carbons (Fsp3) is 0.185. The van der Waals surface area contributed by atoms with E-state index in [1.807, 2.05) is 86.8 Å². The molecule has 2 atom stereocenters. The molecule has 162 valence electrons. The van der Waals surface area contributed by atoms with Gasteiger partial charge in [-0.2, -0.15) is 4.31 Å². The van der Waals surface area contributed by atoms with E-state index in [0.29, 0.717) is 4.90 Å². The van der Waals surface area contributed by atoms with Gasteiger partial charge in [-0.05, 0) is 61.2 Å². The number of hydrogen-bond donors (Lipinski definition) is 0. The normalized spacial score (nSPS) is 20.8. The molecule has 0 bridgehead atoms. The van der Waals surface area contributed by atoms with Gasteiger partial charge in [0, 0.05) is 11.9 Å². The fourth-order valence-corrected chi connectivity index (χ4v) is 6.47. The van der Waals surface area contributed by atoms with Crippen LogP contribution in [-0.2, 0) is 10.0 Å². The highest BCUT2D eigenvalue weighted by atomic mass is 32.2. The van der Waals surface area contributed by atoms with Crippen LogP contribution in [-0.4, -0.2) is 17.6 Å². The second kappa shape index (κ2) is 7.76. The molecule has 0 aliphatic carbocycles. The minimum absolute atomic E-state index is 0.309. The zero-order chi connectivity index (χ0) is 22.5. The average molecular weight is 443 g/mol. The van der Waals surface area contributed by atoms with Gasteiger partial charge in [-0.15, -0.1) is 0 Å². The number of allylic oxidation sites excluding steroid dienone is 1. The van der Waals surface area contributed by atoms with E-state index in [2.05, 4.69) is 17.9 Å². The van der Waals surface area contributed by atoms with Crippen LogP contribution in [0.5, 0.6) is 0 Å².